The summed E-state index contributed by atoms with van der Waals surface area (Å²) in [5.74, 6) is 1.62. The maximum absolute atomic E-state index is 11.4. The number of hydrogen-bond donors (Lipinski definition) is 1. The summed E-state index contributed by atoms with van der Waals surface area (Å²) in [5, 5.41) is 9.35. The minimum Gasteiger partial charge on any atom is -0.480 e. The standard InChI is InChI=1S/C10H17NO2S/c1-2-10(9(12)13)4-3-5-11(10)8-6-14-7-8/h8H,2-7H2,1H3,(H,12,13). The molecule has 0 aromatic carbocycles. The summed E-state index contributed by atoms with van der Waals surface area (Å²) in [4.78, 5) is 13.6. The van der Waals surface area contributed by atoms with E-state index >= 15 is 0 Å². The quantitative estimate of drug-likeness (QED) is 0.773. The number of aliphatic carboxylic acids is 1. The number of carboxylic acids is 1. The Balaban J connectivity index is 2.17. The molecule has 1 atom stereocenters. The Morgan fingerprint density at radius 3 is 2.79 bits per heavy atom. The second-order valence-corrected chi connectivity index (χ2v) is 5.25. The first kappa shape index (κ1) is 10.3. The van der Waals surface area contributed by atoms with E-state index in [0.717, 1.165) is 37.3 Å². The molecule has 2 rings (SSSR count). The lowest BCUT2D eigenvalue weighted by Crippen LogP contribution is -2.58. The lowest BCUT2D eigenvalue weighted by molar-refractivity contribution is -0.151. The van der Waals surface area contributed by atoms with Crippen molar-refractivity contribution in [2.45, 2.75) is 37.8 Å². The molecular formula is C10H17NO2S. The van der Waals surface area contributed by atoms with Crippen molar-refractivity contribution in [1.29, 1.82) is 0 Å². The Labute approximate surface area is 88.9 Å². The van der Waals surface area contributed by atoms with E-state index in [1.165, 1.54) is 0 Å². The molecule has 0 radical (unpaired) electrons. The van der Waals surface area contributed by atoms with Crippen LogP contribution in [0.15, 0.2) is 0 Å². The van der Waals surface area contributed by atoms with E-state index in [1.54, 1.807) is 0 Å². The van der Waals surface area contributed by atoms with E-state index in [9.17, 15) is 9.90 Å². The second-order valence-electron chi connectivity index (χ2n) is 4.18. The van der Waals surface area contributed by atoms with Crippen molar-refractivity contribution < 1.29 is 9.90 Å². The van der Waals surface area contributed by atoms with Gasteiger partial charge in [-0.05, 0) is 25.8 Å². The molecule has 2 heterocycles. The van der Waals surface area contributed by atoms with Crippen LogP contribution in [0.4, 0.5) is 0 Å². The molecule has 0 aromatic rings. The third-order valence-corrected chi connectivity index (χ3v) is 4.82. The van der Waals surface area contributed by atoms with Crippen molar-refractivity contribution in [3.63, 3.8) is 0 Å². The van der Waals surface area contributed by atoms with Gasteiger partial charge in [-0.25, -0.2) is 0 Å². The first-order chi connectivity index (χ1) is 6.70. The zero-order chi connectivity index (χ0) is 10.2. The molecule has 3 nitrogen and oxygen atoms in total. The van der Waals surface area contributed by atoms with Crippen LogP contribution < -0.4 is 0 Å². The molecule has 0 spiro atoms. The topological polar surface area (TPSA) is 40.5 Å². The van der Waals surface area contributed by atoms with Crippen LogP contribution in [0, 0.1) is 0 Å². The highest BCUT2D eigenvalue weighted by Gasteiger charge is 2.49. The van der Waals surface area contributed by atoms with Crippen molar-refractivity contribution >= 4 is 17.7 Å². The highest BCUT2D eigenvalue weighted by atomic mass is 32.2. The molecule has 2 fully saturated rings. The molecule has 14 heavy (non-hydrogen) atoms. The summed E-state index contributed by atoms with van der Waals surface area (Å²) in [5.41, 5.74) is -0.536. The van der Waals surface area contributed by atoms with Crippen LogP contribution in [0.3, 0.4) is 0 Å². The summed E-state index contributed by atoms with van der Waals surface area (Å²) in [6.07, 6.45) is 2.62. The number of carbonyl (C=O) groups is 1. The summed E-state index contributed by atoms with van der Waals surface area (Å²) in [6.45, 7) is 2.98. The van der Waals surface area contributed by atoms with Gasteiger partial charge in [0.25, 0.3) is 0 Å². The van der Waals surface area contributed by atoms with Crippen LogP contribution in [0.2, 0.25) is 0 Å². The zero-order valence-corrected chi connectivity index (χ0v) is 9.35. The molecule has 0 saturated carbocycles. The molecule has 0 amide bonds. The van der Waals surface area contributed by atoms with Crippen molar-refractivity contribution in [2.75, 3.05) is 18.1 Å². The number of likely N-dealkylation sites (tertiary alicyclic amines) is 1. The first-order valence-corrected chi connectivity index (χ1v) is 6.44. The minimum atomic E-state index is -0.616. The van der Waals surface area contributed by atoms with E-state index in [4.69, 9.17) is 0 Å². The SMILES string of the molecule is CCC1(C(=O)O)CCCN1C1CSC1. The summed E-state index contributed by atoms with van der Waals surface area (Å²) in [6, 6.07) is 0.526. The monoisotopic (exact) mass is 215 g/mol. The van der Waals surface area contributed by atoms with E-state index in [2.05, 4.69) is 4.90 Å². The van der Waals surface area contributed by atoms with Crippen molar-refractivity contribution in [1.82, 2.24) is 4.90 Å². The van der Waals surface area contributed by atoms with Crippen LogP contribution in [0.1, 0.15) is 26.2 Å². The molecular weight excluding hydrogens is 198 g/mol. The Kier molecular flexibility index (Phi) is 2.75. The molecule has 0 bridgehead atoms. The number of nitrogens with zero attached hydrogens (tertiary/aromatic N) is 1. The van der Waals surface area contributed by atoms with E-state index in [1.807, 2.05) is 18.7 Å². The van der Waals surface area contributed by atoms with Gasteiger partial charge in [0.1, 0.15) is 5.54 Å². The van der Waals surface area contributed by atoms with Gasteiger partial charge in [-0.15, -0.1) is 0 Å². The normalized spacial score (nSPS) is 34.4. The number of rotatable bonds is 3. The molecule has 2 saturated heterocycles. The summed E-state index contributed by atoms with van der Waals surface area (Å²) in [7, 11) is 0. The number of thioether (sulfide) groups is 1. The number of carboxylic acid groups (broad SMARTS) is 1. The fourth-order valence-corrected chi connectivity index (χ4v) is 3.40. The van der Waals surface area contributed by atoms with Crippen molar-refractivity contribution in [3.8, 4) is 0 Å². The maximum atomic E-state index is 11.4. The molecule has 0 aromatic heterocycles. The van der Waals surface area contributed by atoms with Crippen LogP contribution in [0.5, 0.6) is 0 Å². The predicted molar refractivity (Wildman–Crippen MR) is 57.7 cm³/mol. The van der Waals surface area contributed by atoms with Gasteiger partial charge in [0.15, 0.2) is 0 Å². The van der Waals surface area contributed by atoms with Crippen LogP contribution >= 0.6 is 11.8 Å². The summed E-state index contributed by atoms with van der Waals surface area (Å²) < 4.78 is 0. The van der Waals surface area contributed by atoms with Gasteiger partial charge in [-0.2, -0.15) is 11.8 Å². The maximum Gasteiger partial charge on any atom is 0.324 e. The first-order valence-electron chi connectivity index (χ1n) is 5.28. The van der Waals surface area contributed by atoms with Gasteiger partial charge in [0.05, 0.1) is 0 Å². The van der Waals surface area contributed by atoms with Crippen molar-refractivity contribution in [3.05, 3.63) is 0 Å². The molecule has 2 aliphatic heterocycles. The average Bonchev–Trinajstić information content (AvgIpc) is 2.46. The predicted octanol–water partition coefficient (Wildman–Crippen LogP) is 1.43. The van der Waals surface area contributed by atoms with Crippen LogP contribution in [-0.2, 0) is 4.79 Å². The minimum absolute atomic E-state index is 0.526. The molecule has 0 aliphatic carbocycles. The molecule has 4 heteroatoms. The van der Waals surface area contributed by atoms with Gasteiger partial charge in [-0.1, -0.05) is 6.92 Å². The van der Waals surface area contributed by atoms with Gasteiger partial charge < -0.3 is 5.11 Å². The third kappa shape index (κ3) is 1.36. The van der Waals surface area contributed by atoms with E-state index < -0.39 is 11.5 Å². The Hall–Kier alpha value is -0.220. The lowest BCUT2D eigenvalue weighted by atomic mass is 9.92. The Bertz CT molecular complexity index is 242. The fourth-order valence-electron chi connectivity index (χ4n) is 2.60. The smallest absolute Gasteiger partial charge is 0.324 e. The van der Waals surface area contributed by atoms with Gasteiger partial charge in [0.2, 0.25) is 0 Å². The van der Waals surface area contributed by atoms with Crippen molar-refractivity contribution in [2.24, 2.45) is 0 Å². The summed E-state index contributed by atoms with van der Waals surface area (Å²) >= 11 is 1.92. The van der Waals surface area contributed by atoms with E-state index in [-0.39, 0.29) is 0 Å². The fraction of sp³-hybridized carbons (Fsp3) is 0.900. The number of hydrogen-bond acceptors (Lipinski definition) is 3. The van der Waals surface area contributed by atoms with Gasteiger partial charge >= 0.3 is 5.97 Å². The molecule has 1 N–H and O–H groups in total. The van der Waals surface area contributed by atoms with Crippen LogP contribution in [0.25, 0.3) is 0 Å². The second kappa shape index (κ2) is 3.74. The average molecular weight is 215 g/mol. The Morgan fingerprint density at radius 2 is 2.36 bits per heavy atom. The largest absolute Gasteiger partial charge is 0.480 e. The molecule has 2 aliphatic rings. The Morgan fingerprint density at radius 1 is 1.64 bits per heavy atom. The highest BCUT2D eigenvalue weighted by Crippen LogP contribution is 2.38. The lowest BCUT2D eigenvalue weighted by Gasteiger charge is -2.43. The third-order valence-electron chi connectivity index (χ3n) is 3.58. The van der Waals surface area contributed by atoms with Gasteiger partial charge in [-0.3, -0.25) is 9.69 Å². The highest BCUT2D eigenvalue weighted by molar-refractivity contribution is 8.00. The molecule has 1 unspecified atom stereocenters. The zero-order valence-electron chi connectivity index (χ0n) is 8.53. The van der Waals surface area contributed by atoms with Crippen LogP contribution in [-0.4, -0.2) is 45.6 Å². The van der Waals surface area contributed by atoms with Gasteiger partial charge in [0, 0.05) is 17.5 Å². The van der Waals surface area contributed by atoms with E-state index in [0.29, 0.717) is 6.04 Å². The molecule has 80 valence electrons.